The van der Waals surface area contributed by atoms with Crippen molar-refractivity contribution in [1.29, 1.82) is 0 Å². The normalized spacial score (nSPS) is 12.2. The number of hydrogen-bond acceptors (Lipinski definition) is 1. The minimum atomic E-state index is -0.851. The molecule has 0 saturated carbocycles. The molecule has 1 unspecified atom stereocenters. The van der Waals surface area contributed by atoms with Gasteiger partial charge in [0, 0.05) is 10.5 Å². The molecular weight excluding hydrogens is 300 g/mol. The zero-order chi connectivity index (χ0) is 13.1. The van der Waals surface area contributed by atoms with Gasteiger partial charge in [0.05, 0.1) is 5.69 Å². The highest BCUT2D eigenvalue weighted by molar-refractivity contribution is 9.10. The van der Waals surface area contributed by atoms with E-state index in [0.29, 0.717) is 0 Å². The molecule has 0 radical (unpaired) electrons. The van der Waals surface area contributed by atoms with Crippen molar-refractivity contribution < 1.29 is 8.78 Å². The Balaban J connectivity index is 2.24. The summed E-state index contributed by atoms with van der Waals surface area (Å²) in [5, 5.41) is 2.96. The molecule has 0 aliphatic rings. The highest BCUT2D eigenvalue weighted by Crippen LogP contribution is 2.27. The molecule has 2 rings (SSSR count). The first-order valence-electron chi connectivity index (χ1n) is 5.54. The molecule has 0 heterocycles. The van der Waals surface area contributed by atoms with Crippen molar-refractivity contribution in [1.82, 2.24) is 0 Å². The van der Waals surface area contributed by atoms with Crippen molar-refractivity contribution in [2.75, 3.05) is 5.32 Å². The van der Waals surface area contributed by atoms with Crippen molar-refractivity contribution in [2.45, 2.75) is 13.0 Å². The van der Waals surface area contributed by atoms with Gasteiger partial charge in [-0.15, -0.1) is 0 Å². The van der Waals surface area contributed by atoms with Crippen LogP contribution in [0.5, 0.6) is 0 Å². The Kier molecular flexibility index (Phi) is 3.97. The van der Waals surface area contributed by atoms with Crippen LogP contribution in [0.1, 0.15) is 18.5 Å². The molecule has 2 aromatic rings. The van der Waals surface area contributed by atoms with E-state index in [-0.39, 0.29) is 11.7 Å². The monoisotopic (exact) mass is 311 g/mol. The standard InChI is InChI=1S/C14H12BrF2N/c1-9(10-5-2-3-6-11(10)15)18-13-8-4-7-12(16)14(13)17/h2-9,18H,1H3. The van der Waals surface area contributed by atoms with E-state index in [2.05, 4.69) is 21.2 Å². The molecule has 0 aliphatic heterocycles. The first kappa shape index (κ1) is 13.0. The SMILES string of the molecule is CC(Nc1cccc(F)c1F)c1ccccc1Br. The third-order valence-corrected chi connectivity index (χ3v) is 3.42. The maximum absolute atomic E-state index is 13.5. The van der Waals surface area contributed by atoms with Gasteiger partial charge in [0.25, 0.3) is 0 Å². The van der Waals surface area contributed by atoms with Crippen LogP contribution in [0.3, 0.4) is 0 Å². The molecule has 0 aliphatic carbocycles. The highest BCUT2D eigenvalue weighted by Gasteiger charge is 2.12. The van der Waals surface area contributed by atoms with Crippen molar-refractivity contribution in [3.05, 3.63) is 64.1 Å². The van der Waals surface area contributed by atoms with E-state index >= 15 is 0 Å². The largest absolute Gasteiger partial charge is 0.376 e. The average molecular weight is 312 g/mol. The summed E-state index contributed by atoms with van der Waals surface area (Å²) in [5.74, 6) is -1.70. The molecule has 1 N–H and O–H groups in total. The molecule has 18 heavy (non-hydrogen) atoms. The summed E-state index contributed by atoms with van der Waals surface area (Å²) >= 11 is 3.44. The second kappa shape index (κ2) is 5.48. The van der Waals surface area contributed by atoms with Gasteiger partial charge in [-0.2, -0.15) is 0 Å². The van der Waals surface area contributed by atoms with E-state index in [1.165, 1.54) is 12.1 Å². The Morgan fingerprint density at radius 2 is 1.78 bits per heavy atom. The van der Waals surface area contributed by atoms with Gasteiger partial charge in [-0.25, -0.2) is 8.78 Å². The van der Waals surface area contributed by atoms with Gasteiger partial charge in [-0.3, -0.25) is 0 Å². The molecule has 4 heteroatoms. The molecule has 0 fully saturated rings. The smallest absolute Gasteiger partial charge is 0.181 e. The van der Waals surface area contributed by atoms with Gasteiger partial charge in [0.1, 0.15) is 0 Å². The predicted molar refractivity (Wildman–Crippen MR) is 72.5 cm³/mol. The number of hydrogen-bond donors (Lipinski definition) is 1. The number of anilines is 1. The van der Waals surface area contributed by atoms with Crippen molar-refractivity contribution in [3.8, 4) is 0 Å². The second-order valence-electron chi connectivity index (χ2n) is 3.99. The van der Waals surface area contributed by atoms with Gasteiger partial charge in [0.15, 0.2) is 11.6 Å². The first-order chi connectivity index (χ1) is 8.59. The van der Waals surface area contributed by atoms with Crippen molar-refractivity contribution in [2.24, 2.45) is 0 Å². The maximum Gasteiger partial charge on any atom is 0.181 e. The zero-order valence-electron chi connectivity index (χ0n) is 9.75. The lowest BCUT2D eigenvalue weighted by Gasteiger charge is -2.17. The number of nitrogens with one attached hydrogen (secondary N) is 1. The fourth-order valence-corrected chi connectivity index (χ4v) is 2.38. The van der Waals surface area contributed by atoms with E-state index in [0.717, 1.165) is 16.1 Å². The fourth-order valence-electron chi connectivity index (χ4n) is 1.75. The second-order valence-corrected chi connectivity index (χ2v) is 4.84. The summed E-state index contributed by atoms with van der Waals surface area (Å²) in [6, 6.07) is 11.6. The molecule has 0 saturated heterocycles. The number of benzene rings is 2. The van der Waals surface area contributed by atoms with Crippen molar-refractivity contribution in [3.63, 3.8) is 0 Å². The lowest BCUT2D eigenvalue weighted by Crippen LogP contribution is -2.09. The van der Waals surface area contributed by atoms with Crippen LogP contribution in [0.25, 0.3) is 0 Å². The predicted octanol–water partition coefficient (Wildman–Crippen LogP) is 4.90. The molecule has 1 atom stereocenters. The molecule has 2 aromatic carbocycles. The van der Waals surface area contributed by atoms with E-state index in [9.17, 15) is 8.78 Å². The number of halogens is 3. The van der Waals surface area contributed by atoms with Gasteiger partial charge in [-0.05, 0) is 30.7 Å². The third-order valence-electron chi connectivity index (χ3n) is 2.70. The van der Waals surface area contributed by atoms with E-state index in [1.807, 2.05) is 31.2 Å². The third kappa shape index (κ3) is 2.70. The Labute approximate surface area is 113 Å². The Bertz CT molecular complexity index is 557. The van der Waals surface area contributed by atoms with Crippen LogP contribution >= 0.6 is 15.9 Å². The van der Waals surface area contributed by atoms with Crippen LogP contribution in [0.2, 0.25) is 0 Å². The summed E-state index contributed by atoms with van der Waals surface area (Å²) in [4.78, 5) is 0. The van der Waals surface area contributed by atoms with Crippen molar-refractivity contribution >= 4 is 21.6 Å². The van der Waals surface area contributed by atoms with E-state index in [4.69, 9.17) is 0 Å². The summed E-state index contributed by atoms with van der Waals surface area (Å²) < 4.78 is 27.5. The molecule has 94 valence electrons. The average Bonchev–Trinajstić information content (AvgIpc) is 2.35. The zero-order valence-corrected chi connectivity index (χ0v) is 11.3. The van der Waals surface area contributed by atoms with Gasteiger partial charge in [-0.1, -0.05) is 40.2 Å². The van der Waals surface area contributed by atoms with Gasteiger partial charge in [0.2, 0.25) is 0 Å². The Morgan fingerprint density at radius 3 is 2.50 bits per heavy atom. The molecule has 0 bridgehead atoms. The van der Waals surface area contributed by atoms with Gasteiger partial charge >= 0.3 is 0 Å². The van der Waals surface area contributed by atoms with Crippen LogP contribution in [0.15, 0.2) is 46.9 Å². The fraction of sp³-hybridized carbons (Fsp3) is 0.143. The van der Waals surface area contributed by atoms with Crippen LogP contribution in [-0.2, 0) is 0 Å². The van der Waals surface area contributed by atoms with Crippen LogP contribution < -0.4 is 5.32 Å². The Hall–Kier alpha value is -1.42. The highest BCUT2D eigenvalue weighted by atomic mass is 79.9. The lowest BCUT2D eigenvalue weighted by molar-refractivity contribution is 0.510. The summed E-state index contributed by atoms with van der Waals surface area (Å²) in [5.41, 5.74) is 1.15. The molecule has 0 amide bonds. The van der Waals surface area contributed by atoms with Gasteiger partial charge < -0.3 is 5.32 Å². The maximum atomic E-state index is 13.5. The first-order valence-corrected chi connectivity index (χ1v) is 6.34. The molecular formula is C14H12BrF2N. The molecule has 0 aromatic heterocycles. The van der Waals surface area contributed by atoms with E-state index in [1.54, 1.807) is 0 Å². The van der Waals surface area contributed by atoms with Crippen LogP contribution in [0, 0.1) is 11.6 Å². The Morgan fingerprint density at radius 1 is 1.06 bits per heavy atom. The summed E-state index contributed by atoms with van der Waals surface area (Å²) in [7, 11) is 0. The topological polar surface area (TPSA) is 12.0 Å². The minimum absolute atomic E-state index is 0.128. The summed E-state index contributed by atoms with van der Waals surface area (Å²) in [6.45, 7) is 1.89. The molecule has 0 spiro atoms. The number of rotatable bonds is 3. The lowest BCUT2D eigenvalue weighted by atomic mass is 10.1. The molecule has 1 nitrogen and oxygen atoms in total. The van der Waals surface area contributed by atoms with Crippen LogP contribution in [0.4, 0.5) is 14.5 Å². The summed E-state index contributed by atoms with van der Waals surface area (Å²) in [6.07, 6.45) is 0. The van der Waals surface area contributed by atoms with Crippen LogP contribution in [-0.4, -0.2) is 0 Å². The minimum Gasteiger partial charge on any atom is -0.376 e. The quantitative estimate of drug-likeness (QED) is 0.850. The van der Waals surface area contributed by atoms with E-state index < -0.39 is 11.6 Å².